The van der Waals surface area contributed by atoms with Crippen LogP contribution in [0.3, 0.4) is 0 Å². The lowest BCUT2D eigenvalue weighted by atomic mass is 10.0. The summed E-state index contributed by atoms with van der Waals surface area (Å²) in [6, 6.07) is 0.544. The molecule has 5 heteroatoms. The van der Waals surface area contributed by atoms with E-state index in [1.54, 1.807) is 0 Å². The number of nitrogens with two attached hydrogens (primary N) is 1. The summed E-state index contributed by atoms with van der Waals surface area (Å²) in [6.45, 7) is 3.77. The van der Waals surface area contributed by atoms with Gasteiger partial charge in [-0.1, -0.05) is 12.8 Å². The standard InChI is InChI=1S/C12H24N4O/c1-9-10(6-7-17-9)8-14-12(16-13)15-11-4-2-3-5-11/h9-11H,2-8,13H2,1H3,(H2,14,15,16). The summed E-state index contributed by atoms with van der Waals surface area (Å²) in [7, 11) is 0. The zero-order valence-electron chi connectivity index (χ0n) is 10.6. The topological polar surface area (TPSA) is 71.7 Å². The Labute approximate surface area is 103 Å². The molecule has 1 heterocycles. The molecular formula is C12H24N4O. The van der Waals surface area contributed by atoms with Crippen molar-refractivity contribution in [2.45, 2.75) is 51.2 Å². The minimum absolute atomic E-state index is 0.323. The molecule has 2 fully saturated rings. The van der Waals surface area contributed by atoms with Crippen molar-refractivity contribution in [2.24, 2.45) is 16.8 Å². The van der Waals surface area contributed by atoms with Crippen LogP contribution in [-0.2, 0) is 4.74 Å². The zero-order chi connectivity index (χ0) is 12.1. The summed E-state index contributed by atoms with van der Waals surface area (Å²) < 4.78 is 5.52. The van der Waals surface area contributed by atoms with E-state index in [2.05, 4.69) is 22.7 Å². The lowest BCUT2D eigenvalue weighted by molar-refractivity contribution is 0.107. The maximum absolute atomic E-state index is 5.52. The largest absolute Gasteiger partial charge is 0.378 e. The highest BCUT2D eigenvalue weighted by molar-refractivity contribution is 5.79. The van der Waals surface area contributed by atoms with Gasteiger partial charge in [0.15, 0.2) is 0 Å². The van der Waals surface area contributed by atoms with E-state index in [1.165, 1.54) is 25.7 Å². The molecule has 98 valence electrons. The molecule has 0 spiro atoms. The SMILES string of the molecule is CC1OCCC1CN=C(NN)NC1CCCC1. The molecule has 17 heavy (non-hydrogen) atoms. The Morgan fingerprint density at radius 1 is 1.35 bits per heavy atom. The van der Waals surface area contributed by atoms with Crippen LogP contribution in [0.4, 0.5) is 0 Å². The number of ether oxygens (including phenoxy) is 1. The number of hydrogen-bond acceptors (Lipinski definition) is 3. The van der Waals surface area contributed by atoms with Crippen LogP contribution in [0, 0.1) is 5.92 Å². The van der Waals surface area contributed by atoms with Crippen molar-refractivity contribution >= 4 is 5.96 Å². The average Bonchev–Trinajstić information content (AvgIpc) is 2.96. The van der Waals surface area contributed by atoms with Crippen LogP contribution in [0.2, 0.25) is 0 Å². The van der Waals surface area contributed by atoms with Crippen molar-refractivity contribution in [3.63, 3.8) is 0 Å². The molecule has 2 aliphatic rings. The summed E-state index contributed by atoms with van der Waals surface area (Å²) in [5.74, 6) is 6.76. The molecular weight excluding hydrogens is 216 g/mol. The number of nitrogens with zero attached hydrogens (tertiary/aromatic N) is 1. The van der Waals surface area contributed by atoms with Gasteiger partial charge >= 0.3 is 0 Å². The predicted octanol–water partition coefficient (Wildman–Crippen LogP) is 0.763. The quantitative estimate of drug-likeness (QED) is 0.295. The van der Waals surface area contributed by atoms with Crippen LogP contribution in [0.15, 0.2) is 4.99 Å². The van der Waals surface area contributed by atoms with Gasteiger partial charge in [0, 0.05) is 25.1 Å². The number of nitrogens with one attached hydrogen (secondary N) is 2. The molecule has 1 aliphatic carbocycles. The maximum atomic E-state index is 5.52. The van der Waals surface area contributed by atoms with E-state index < -0.39 is 0 Å². The van der Waals surface area contributed by atoms with Gasteiger partial charge in [-0.2, -0.15) is 0 Å². The number of aliphatic imine (C=N–C) groups is 1. The van der Waals surface area contributed by atoms with E-state index in [0.29, 0.717) is 18.1 Å². The van der Waals surface area contributed by atoms with Gasteiger partial charge in [-0.3, -0.25) is 10.4 Å². The molecule has 2 rings (SSSR count). The highest BCUT2D eigenvalue weighted by Crippen LogP contribution is 2.20. The highest BCUT2D eigenvalue weighted by atomic mass is 16.5. The summed E-state index contributed by atoms with van der Waals surface area (Å²) in [5.41, 5.74) is 2.67. The van der Waals surface area contributed by atoms with Gasteiger partial charge in [-0.15, -0.1) is 0 Å². The first-order valence-corrected chi connectivity index (χ1v) is 6.69. The molecule has 5 nitrogen and oxygen atoms in total. The zero-order valence-corrected chi connectivity index (χ0v) is 10.6. The van der Waals surface area contributed by atoms with Crippen molar-refractivity contribution in [3.8, 4) is 0 Å². The second-order valence-electron chi connectivity index (χ2n) is 5.08. The van der Waals surface area contributed by atoms with Gasteiger partial charge in [0.1, 0.15) is 0 Å². The Hall–Kier alpha value is -0.810. The van der Waals surface area contributed by atoms with Gasteiger partial charge < -0.3 is 10.1 Å². The minimum Gasteiger partial charge on any atom is -0.378 e. The van der Waals surface area contributed by atoms with Crippen LogP contribution in [-0.4, -0.2) is 31.3 Å². The van der Waals surface area contributed by atoms with E-state index in [9.17, 15) is 0 Å². The third kappa shape index (κ3) is 3.57. The molecule has 0 aromatic heterocycles. The van der Waals surface area contributed by atoms with Crippen molar-refractivity contribution in [2.75, 3.05) is 13.2 Å². The van der Waals surface area contributed by atoms with Crippen molar-refractivity contribution in [1.82, 2.24) is 10.7 Å². The first-order valence-electron chi connectivity index (χ1n) is 6.69. The molecule has 0 aromatic rings. The monoisotopic (exact) mass is 240 g/mol. The lowest BCUT2D eigenvalue weighted by Gasteiger charge is -2.16. The Bertz CT molecular complexity index is 263. The molecule has 4 N–H and O–H groups in total. The Morgan fingerprint density at radius 2 is 2.12 bits per heavy atom. The van der Waals surface area contributed by atoms with Crippen molar-refractivity contribution in [1.29, 1.82) is 0 Å². The predicted molar refractivity (Wildman–Crippen MR) is 68.5 cm³/mol. The van der Waals surface area contributed by atoms with E-state index >= 15 is 0 Å². The summed E-state index contributed by atoms with van der Waals surface area (Å²) in [6.07, 6.45) is 6.50. The molecule has 0 aromatic carbocycles. The fourth-order valence-corrected chi connectivity index (χ4v) is 2.62. The van der Waals surface area contributed by atoms with Crippen molar-refractivity contribution < 1.29 is 4.74 Å². The molecule has 2 atom stereocenters. The third-order valence-electron chi connectivity index (χ3n) is 3.85. The van der Waals surface area contributed by atoms with Gasteiger partial charge in [0.25, 0.3) is 0 Å². The minimum atomic E-state index is 0.323. The molecule has 1 saturated carbocycles. The lowest BCUT2D eigenvalue weighted by Crippen LogP contribution is -2.46. The fraction of sp³-hybridized carbons (Fsp3) is 0.917. The highest BCUT2D eigenvalue weighted by Gasteiger charge is 2.24. The number of rotatable bonds is 3. The van der Waals surface area contributed by atoms with Gasteiger partial charge in [-0.25, -0.2) is 5.84 Å². The van der Waals surface area contributed by atoms with Gasteiger partial charge in [0.05, 0.1) is 6.10 Å². The normalized spacial score (nSPS) is 30.8. The van der Waals surface area contributed by atoms with Gasteiger partial charge in [-0.05, 0) is 26.2 Å². The average molecular weight is 240 g/mol. The summed E-state index contributed by atoms with van der Waals surface area (Å²) in [5, 5.41) is 3.38. The first kappa shape index (κ1) is 12.6. The molecule has 2 unspecified atom stereocenters. The summed E-state index contributed by atoms with van der Waals surface area (Å²) in [4.78, 5) is 4.53. The van der Waals surface area contributed by atoms with Crippen molar-refractivity contribution in [3.05, 3.63) is 0 Å². The van der Waals surface area contributed by atoms with Crippen LogP contribution < -0.4 is 16.6 Å². The van der Waals surface area contributed by atoms with Crippen LogP contribution in [0.25, 0.3) is 0 Å². The number of guanidine groups is 1. The van der Waals surface area contributed by atoms with Gasteiger partial charge in [0.2, 0.25) is 5.96 Å². The van der Waals surface area contributed by atoms with E-state index in [4.69, 9.17) is 10.6 Å². The molecule has 0 radical (unpaired) electrons. The smallest absolute Gasteiger partial charge is 0.205 e. The Kier molecular flexibility index (Phi) is 4.62. The van der Waals surface area contributed by atoms with E-state index in [0.717, 1.165) is 25.5 Å². The number of hydrogen-bond donors (Lipinski definition) is 3. The van der Waals surface area contributed by atoms with Crippen LogP contribution >= 0.6 is 0 Å². The third-order valence-corrected chi connectivity index (χ3v) is 3.85. The molecule has 0 bridgehead atoms. The molecule has 0 amide bonds. The van der Waals surface area contributed by atoms with Crippen LogP contribution in [0.1, 0.15) is 39.0 Å². The maximum Gasteiger partial charge on any atom is 0.205 e. The van der Waals surface area contributed by atoms with E-state index in [-0.39, 0.29) is 0 Å². The van der Waals surface area contributed by atoms with E-state index in [1.807, 2.05) is 0 Å². The second kappa shape index (κ2) is 6.21. The molecule has 1 aliphatic heterocycles. The Morgan fingerprint density at radius 3 is 2.71 bits per heavy atom. The number of hydrazine groups is 1. The van der Waals surface area contributed by atoms with Crippen LogP contribution in [0.5, 0.6) is 0 Å². The second-order valence-corrected chi connectivity index (χ2v) is 5.08. The summed E-state index contributed by atoms with van der Waals surface area (Å²) >= 11 is 0. The fourth-order valence-electron chi connectivity index (χ4n) is 2.62. The first-order chi connectivity index (χ1) is 8.29. The Balaban J connectivity index is 1.79. The molecule has 1 saturated heterocycles.